The molecule has 0 amide bonds. The Morgan fingerprint density at radius 1 is 1.22 bits per heavy atom. The zero-order valence-electron chi connectivity index (χ0n) is 11.6. The first kappa shape index (κ1) is 13.4. The van der Waals surface area contributed by atoms with Crippen LogP contribution in [0.4, 0.5) is 0 Å². The molecule has 0 radical (unpaired) electrons. The number of nitriles is 1. The monoisotopic (exact) mass is 257 g/mol. The van der Waals surface area contributed by atoms with Gasteiger partial charge in [-0.3, -0.25) is 0 Å². The molecule has 96 valence electrons. The van der Waals surface area contributed by atoms with Crippen molar-refractivity contribution >= 4 is 13.3 Å². The summed E-state index contributed by atoms with van der Waals surface area (Å²) in [5.74, 6) is 0.981. The average Bonchev–Trinajstić information content (AvgIpc) is 2.42. The maximum absolute atomic E-state index is 8.86. The van der Waals surface area contributed by atoms with E-state index in [0.717, 1.165) is 11.5 Å². The minimum absolute atomic E-state index is 0.788. The van der Waals surface area contributed by atoms with E-state index in [0.29, 0.717) is 0 Å². The van der Waals surface area contributed by atoms with E-state index in [2.05, 4.69) is 31.7 Å². The van der Waals surface area contributed by atoms with Crippen LogP contribution in [0.5, 0.6) is 0 Å². The van der Waals surface area contributed by atoms with E-state index in [9.17, 15) is 0 Å². The highest BCUT2D eigenvalue weighted by molar-refractivity contribution is 6.91. The SMILES string of the molecule is CCCC1CC[Si](C)(c2ccc(C#N)cc2)CC1. The largest absolute Gasteiger partial charge is 0.192 e. The Hall–Kier alpha value is -1.07. The molecule has 0 bridgehead atoms. The van der Waals surface area contributed by atoms with Gasteiger partial charge < -0.3 is 0 Å². The minimum atomic E-state index is -1.23. The fourth-order valence-electron chi connectivity index (χ4n) is 3.25. The quantitative estimate of drug-likeness (QED) is 0.749. The van der Waals surface area contributed by atoms with E-state index >= 15 is 0 Å². The van der Waals surface area contributed by atoms with Gasteiger partial charge in [0, 0.05) is 0 Å². The van der Waals surface area contributed by atoms with Crippen molar-refractivity contribution in [2.75, 3.05) is 0 Å². The molecule has 0 N–H and O–H groups in total. The number of hydrogen-bond donors (Lipinski definition) is 0. The summed E-state index contributed by atoms with van der Waals surface area (Å²) in [6.07, 6.45) is 5.60. The molecule has 0 unspecified atom stereocenters. The zero-order valence-corrected chi connectivity index (χ0v) is 12.6. The number of rotatable bonds is 3. The second-order valence-electron chi connectivity index (χ2n) is 5.98. The van der Waals surface area contributed by atoms with Gasteiger partial charge in [0.1, 0.15) is 0 Å². The second-order valence-corrected chi connectivity index (χ2v) is 10.7. The van der Waals surface area contributed by atoms with Gasteiger partial charge in [-0.2, -0.15) is 5.26 Å². The van der Waals surface area contributed by atoms with Crippen LogP contribution in [0.3, 0.4) is 0 Å². The molecule has 18 heavy (non-hydrogen) atoms. The fraction of sp³-hybridized carbons (Fsp3) is 0.562. The van der Waals surface area contributed by atoms with Crippen LogP contribution in [0, 0.1) is 17.2 Å². The molecule has 0 saturated carbocycles. The molecule has 1 saturated heterocycles. The van der Waals surface area contributed by atoms with Crippen molar-refractivity contribution < 1.29 is 0 Å². The van der Waals surface area contributed by atoms with E-state index in [4.69, 9.17) is 5.26 Å². The lowest BCUT2D eigenvalue weighted by molar-refractivity contribution is 0.431. The molecular formula is C16H23NSi. The summed E-state index contributed by atoms with van der Waals surface area (Å²) in [5.41, 5.74) is 0.788. The first-order valence-corrected chi connectivity index (χ1v) is 10.1. The Morgan fingerprint density at radius 3 is 2.33 bits per heavy atom. The molecule has 1 aliphatic heterocycles. The highest BCUT2D eigenvalue weighted by Gasteiger charge is 2.34. The van der Waals surface area contributed by atoms with Crippen molar-refractivity contribution in [3.05, 3.63) is 29.8 Å². The van der Waals surface area contributed by atoms with Gasteiger partial charge in [-0.1, -0.05) is 68.6 Å². The van der Waals surface area contributed by atoms with Gasteiger partial charge in [0.2, 0.25) is 0 Å². The average molecular weight is 257 g/mol. The molecule has 1 aromatic rings. The summed E-state index contributed by atoms with van der Waals surface area (Å²) in [4.78, 5) is 0. The lowest BCUT2D eigenvalue weighted by Crippen LogP contribution is -2.47. The lowest BCUT2D eigenvalue weighted by atomic mass is 9.97. The van der Waals surface area contributed by atoms with Crippen LogP contribution in [0.15, 0.2) is 24.3 Å². The van der Waals surface area contributed by atoms with Crippen molar-refractivity contribution in [2.45, 2.75) is 51.2 Å². The number of nitrogens with zero attached hydrogens (tertiary/aromatic N) is 1. The summed E-state index contributed by atoms with van der Waals surface area (Å²) in [5, 5.41) is 10.4. The van der Waals surface area contributed by atoms with E-state index in [1.54, 1.807) is 5.19 Å². The third-order valence-corrected chi connectivity index (χ3v) is 9.13. The van der Waals surface area contributed by atoms with Crippen LogP contribution in [0.25, 0.3) is 0 Å². The van der Waals surface area contributed by atoms with Crippen molar-refractivity contribution in [3.8, 4) is 6.07 Å². The second kappa shape index (κ2) is 5.71. The Morgan fingerprint density at radius 2 is 1.83 bits per heavy atom. The van der Waals surface area contributed by atoms with Gasteiger partial charge in [0.15, 0.2) is 0 Å². The third-order valence-electron chi connectivity index (χ3n) is 4.62. The van der Waals surface area contributed by atoms with Gasteiger partial charge in [-0.25, -0.2) is 0 Å². The predicted octanol–water partition coefficient (Wildman–Crippen LogP) is 4.05. The molecule has 1 aromatic carbocycles. The maximum Gasteiger partial charge on any atom is 0.0991 e. The Labute approximate surface area is 112 Å². The van der Waals surface area contributed by atoms with Gasteiger partial charge in [0.05, 0.1) is 19.7 Å². The minimum Gasteiger partial charge on any atom is -0.192 e. The van der Waals surface area contributed by atoms with Crippen molar-refractivity contribution in [1.29, 1.82) is 5.26 Å². The summed E-state index contributed by atoms with van der Waals surface area (Å²) in [7, 11) is -1.23. The molecule has 0 aliphatic carbocycles. The molecule has 1 aliphatic rings. The molecule has 1 fully saturated rings. The van der Waals surface area contributed by atoms with Gasteiger partial charge in [-0.05, 0) is 18.1 Å². The lowest BCUT2D eigenvalue weighted by Gasteiger charge is -2.36. The Bertz CT molecular complexity index is 421. The molecule has 0 spiro atoms. The highest BCUT2D eigenvalue weighted by Crippen LogP contribution is 2.34. The van der Waals surface area contributed by atoms with Crippen LogP contribution < -0.4 is 5.19 Å². The molecule has 0 atom stereocenters. The molecule has 1 nitrogen and oxygen atoms in total. The normalized spacial score (nSPS) is 27.7. The maximum atomic E-state index is 8.86. The van der Waals surface area contributed by atoms with Crippen molar-refractivity contribution in [3.63, 3.8) is 0 Å². The van der Waals surface area contributed by atoms with Crippen molar-refractivity contribution in [1.82, 2.24) is 0 Å². The summed E-state index contributed by atoms with van der Waals surface area (Å²) in [6.45, 7) is 4.82. The van der Waals surface area contributed by atoms with Crippen LogP contribution in [0.1, 0.15) is 38.2 Å². The molecule has 2 rings (SSSR count). The van der Waals surface area contributed by atoms with Gasteiger partial charge in [0.25, 0.3) is 0 Å². The fourth-order valence-corrected chi connectivity index (χ4v) is 7.14. The Kier molecular flexibility index (Phi) is 4.24. The van der Waals surface area contributed by atoms with E-state index < -0.39 is 8.07 Å². The molecular weight excluding hydrogens is 234 g/mol. The standard InChI is InChI=1S/C16H23NSi/c1-3-4-14-9-11-18(2,12-10-14)16-7-5-15(13-17)6-8-16/h5-8,14H,3-4,9-12H2,1-2H3. The molecule has 0 aromatic heterocycles. The summed E-state index contributed by atoms with van der Waals surface area (Å²) in [6, 6.07) is 13.5. The first-order valence-electron chi connectivity index (χ1n) is 7.18. The van der Waals surface area contributed by atoms with E-state index in [-0.39, 0.29) is 0 Å². The molecule has 1 heterocycles. The van der Waals surface area contributed by atoms with Gasteiger partial charge in [-0.15, -0.1) is 0 Å². The zero-order chi connectivity index (χ0) is 13.0. The van der Waals surface area contributed by atoms with Crippen LogP contribution in [0.2, 0.25) is 18.6 Å². The predicted molar refractivity (Wildman–Crippen MR) is 79.7 cm³/mol. The number of benzene rings is 1. The van der Waals surface area contributed by atoms with Gasteiger partial charge >= 0.3 is 0 Å². The summed E-state index contributed by atoms with van der Waals surface area (Å²) < 4.78 is 0. The third kappa shape index (κ3) is 2.84. The van der Waals surface area contributed by atoms with Crippen LogP contribution in [-0.4, -0.2) is 8.07 Å². The van der Waals surface area contributed by atoms with Crippen LogP contribution >= 0.6 is 0 Å². The van der Waals surface area contributed by atoms with E-state index in [1.165, 1.54) is 37.8 Å². The first-order chi connectivity index (χ1) is 8.68. The summed E-state index contributed by atoms with van der Waals surface area (Å²) >= 11 is 0. The van der Waals surface area contributed by atoms with Crippen molar-refractivity contribution in [2.24, 2.45) is 5.92 Å². The smallest absolute Gasteiger partial charge is 0.0991 e. The van der Waals surface area contributed by atoms with Crippen LogP contribution in [-0.2, 0) is 0 Å². The number of hydrogen-bond acceptors (Lipinski definition) is 1. The molecule has 2 heteroatoms. The topological polar surface area (TPSA) is 23.8 Å². The Balaban J connectivity index is 2.06. The highest BCUT2D eigenvalue weighted by atomic mass is 28.3. The van der Waals surface area contributed by atoms with E-state index in [1.807, 2.05) is 12.1 Å².